The molecule has 0 spiro atoms. The normalized spacial score (nSPS) is 17.5. The highest BCUT2D eigenvalue weighted by atomic mass is 16.4. The third-order valence-corrected chi connectivity index (χ3v) is 4.29. The van der Waals surface area contributed by atoms with Crippen LogP contribution in [0.4, 0.5) is 5.82 Å². The molecule has 1 fully saturated rings. The number of fused-ring (bicyclic) bond motifs is 1. The summed E-state index contributed by atoms with van der Waals surface area (Å²) in [6.07, 6.45) is 7.87. The average molecular weight is 304 g/mol. The Morgan fingerprint density at radius 2 is 2.18 bits per heavy atom. The Kier molecular flexibility index (Phi) is 4.17. The molecule has 0 amide bonds. The maximum atomic E-state index is 11.6. The molecule has 2 N–H and O–H groups in total. The van der Waals surface area contributed by atoms with Crippen molar-refractivity contribution >= 4 is 23.0 Å². The Morgan fingerprint density at radius 3 is 2.91 bits per heavy atom. The van der Waals surface area contributed by atoms with E-state index in [2.05, 4.69) is 25.6 Å². The molecule has 8 heteroatoms. The SMILES string of the molecule is Cn1nnc2c(NC(CC3CCCCC3)C(=O)O)ncnc21. The Morgan fingerprint density at radius 1 is 1.41 bits per heavy atom. The van der Waals surface area contributed by atoms with Gasteiger partial charge in [0.1, 0.15) is 12.4 Å². The molecular formula is C14H20N6O2. The van der Waals surface area contributed by atoms with E-state index in [0.29, 0.717) is 29.3 Å². The van der Waals surface area contributed by atoms with E-state index in [1.165, 1.54) is 25.6 Å². The van der Waals surface area contributed by atoms with Crippen molar-refractivity contribution in [2.45, 2.75) is 44.6 Å². The van der Waals surface area contributed by atoms with Crippen LogP contribution < -0.4 is 5.32 Å². The quantitative estimate of drug-likeness (QED) is 0.864. The predicted molar refractivity (Wildman–Crippen MR) is 80.3 cm³/mol. The molecule has 0 aromatic carbocycles. The topological polar surface area (TPSA) is 106 Å². The minimum atomic E-state index is -0.860. The Balaban J connectivity index is 1.78. The third kappa shape index (κ3) is 3.00. The van der Waals surface area contributed by atoms with Gasteiger partial charge in [-0.1, -0.05) is 37.3 Å². The van der Waals surface area contributed by atoms with E-state index in [-0.39, 0.29) is 0 Å². The fourth-order valence-electron chi connectivity index (χ4n) is 3.10. The molecule has 0 bridgehead atoms. The fraction of sp³-hybridized carbons (Fsp3) is 0.643. The number of hydrogen-bond acceptors (Lipinski definition) is 6. The molecule has 1 aliphatic carbocycles. The summed E-state index contributed by atoms with van der Waals surface area (Å²) in [5.41, 5.74) is 1.08. The first-order chi connectivity index (χ1) is 10.6. The van der Waals surface area contributed by atoms with Gasteiger partial charge in [-0.05, 0) is 12.3 Å². The number of carbonyl (C=O) groups is 1. The first-order valence-electron chi connectivity index (χ1n) is 7.65. The molecule has 2 aromatic heterocycles. The van der Waals surface area contributed by atoms with Gasteiger partial charge in [0.15, 0.2) is 17.0 Å². The van der Waals surface area contributed by atoms with Crippen molar-refractivity contribution in [3.05, 3.63) is 6.33 Å². The second kappa shape index (κ2) is 6.25. The van der Waals surface area contributed by atoms with Crippen LogP contribution in [-0.2, 0) is 11.8 Å². The summed E-state index contributed by atoms with van der Waals surface area (Å²) in [5.74, 6) is 0.0315. The van der Waals surface area contributed by atoms with Crippen LogP contribution in [0.2, 0.25) is 0 Å². The lowest BCUT2D eigenvalue weighted by atomic mass is 9.85. The first kappa shape index (κ1) is 14.7. The van der Waals surface area contributed by atoms with Crippen LogP contribution in [0.1, 0.15) is 38.5 Å². The minimum absolute atomic E-state index is 0.432. The van der Waals surface area contributed by atoms with Crippen molar-refractivity contribution in [1.82, 2.24) is 25.0 Å². The van der Waals surface area contributed by atoms with Crippen molar-refractivity contribution in [3.8, 4) is 0 Å². The molecule has 0 saturated heterocycles. The number of anilines is 1. The van der Waals surface area contributed by atoms with Crippen LogP contribution in [0, 0.1) is 5.92 Å². The summed E-state index contributed by atoms with van der Waals surface area (Å²) in [4.78, 5) is 19.8. The number of aryl methyl sites for hydroxylation is 1. The molecule has 3 rings (SSSR count). The van der Waals surface area contributed by atoms with Crippen molar-refractivity contribution in [3.63, 3.8) is 0 Å². The number of rotatable bonds is 5. The summed E-state index contributed by atoms with van der Waals surface area (Å²) in [5, 5.41) is 20.4. The van der Waals surface area contributed by atoms with Crippen LogP contribution >= 0.6 is 0 Å². The molecule has 1 saturated carbocycles. The second-order valence-electron chi connectivity index (χ2n) is 5.88. The number of hydrogen-bond donors (Lipinski definition) is 2. The van der Waals surface area contributed by atoms with E-state index in [1.54, 1.807) is 11.7 Å². The van der Waals surface area contributed by atoms with E-state index >= 15 is 0 Å². The van der Waals surface area contributed by atoms with E-state index in [9.17, 15) is 9.90 Å². The van der Waals surface area contributed by atoms with Crippen LogP contribution in [0.3, 0.4) is 0 Å². The van der Waals surface area contributed by atoms with E-state index in [0.717, 1.165) is 12.8 Å². The summed E-state index contributed by atoms with van der Waals surface area (Å²) >= 11 is 0. The number of carboxylic acid groups (broad SMARTS) is 1. The van der Waals surface area contributed by atoms with Crippen molar-refractivity contribution in [2.75, 3.05) is 5.32 Å². The highest BCUT2D eigenvalue weighted by Gasteiger charge is 2.25. The van der Waals surface area contributed by atoms with Crippen molar-refractivity contribution < 1.29 is 9.90 Å². The van der Waals surface area contributed by atoms with Crippen LogP contribution in [0.5, 0.6) is 0 Å². The van der Waals surface area contributed by atoms with E-state index in [1.807, 2.05) is 0 Å². The van der Waals surface area contributed by atoms with Gasteiger partial charge >= 0.3 is 5.97 Å². The predicted octanol–water partition coefficient (Wildman–Crippen LogP) is 1.59. The second-order valence-corrected chi connectivity index (χ2v) is 5.88. The Labute approximate surface area is 127 Å². The van der Waals surface area contributed by atoms with Gasteiger partial charge in [-0.25, -0.2) is 19.4 Å². The number of aliphatic carboxylic acids is 1. The smallest absolute Gasteiger partial charge is 0.326 e. The van der Waals surface area contributed by atoms with Gasteiger partial charge in [0, 0.05) is 7.05 Å². The number of nitrogens with one attached hydrogen (secondary N) is 1. The first-order valence-corrected chi connectivity index (χ1v) is 7.65. The highest BCUT2D eigenvalue weighted by Crippen LogP contribution is 2.28. The molecule has 2 aromatic rings. The average Bonchev–Trinajstić information content (AvgIpc) is 2.90. The largest absolute Gasteiger partial charge is 0.480 e. The molecule has 1 aliphatic rings. The zero-order valence-corrected chi connectivity index (χ0v) is 12.6. The van der Waals surface area contributed by atoms with Gasteiger partial charge < -0.3 is 10.4 Å². The maximum absolute atomic E-state index is 11.6. The molecular weight excluding hydrogens is 284 g/mol. The van der Waals surface area contributed by atoms with Gasteiger partial charge in [0.05, 0.1) is 0 Å². The van der Waals surface area contributed by atoms with Gasteiger partial charge in [-0.15, -0.1) is 5.10 Å². The van der Waals surface area contributed by atoms with Crippen LogP contribution in [0.15, 0.2) is 6.33 Å². The van der Waals surface area contributed by atoms with Gasteiger partial charge in [-0.3, -0.25) is 0 Å². The monoisotopic (exact) mass is 304 g/mol. The van der Waals surface area contributed by atoms with Crippen molar-refractivity contribution in [1.29, 1.82) is 0 Å². The number of aromatic nitrogens is 5. The van der Waals surface area contributed by atoms with Crippen molar-refractivity contribution in [2.24, 2.45) is 13.0 Å². The lowest BCUT2D eigenvalue weighted by molar-refractivity contribution is -0.138. The molecule has 8 nitrogen and oxygen atoms in total. The molecule has 118 valence electrons. The van der Waals surface area contributed by atoms with Gasteiger partial charge in [-0.2, -0.15) is 0 Å². The summed E-state index contributed by atoms with van der Waals surface area (Å²) in [7, 11) is 1.74. The third-order valence-electron chi connectivity index (χ3n) is 4.29. The van der Waals surface area contributed by atoms with Crippen LogP contribution in [-0.4, -0.2) is 42.1 Å². The number of nitrogens with zero attached hydrogens (tertiary/aromatic N) is 5. The summed E-state index contributed by atoms with van der Waals surface area (Å²) in [6, 6.07) is -0.664. The lowest BCUT2D eigenvalue weighted by Gasteiger charge is -2.25. The standard InChI is InChI=1S/C14H20N6O2/c1-20-13-11(18-19-20)12(15-8-16-13)17-10(14(21)22)7-9-5-3-2-4-6-9/h8-10H,2-7H2,1H3,(H,21,22)(H,15,16,17). The molecule has 22 heavy (non-hydrogen) atoms. The Bertz CT molecular complexity index is 664. The molecule has 0 aliphatic heterocycles. The van der Waals surface area contributed by atoms with E-state index < -0.39 is 12.0 Å². The Hall–Kier alpha value is -2.25. The molecule has 0 radical (unpaired) electrons. The highest BCUT2D eigenvalue weighted by molar-refractivity contribution is 5.85. The minimum Gasteiger partial charge on any atom is -0.480 e. The molecule has 1 unspecified atom stereocenters. The van der Waals surface area contributed by atoms with E-state index in [4.69, 9.17) is 0 Å². The number of carboxylic acids is 1. The summed E-state index contributed by atoms with van der Waals surface area (Å²) in [6.45, 7) is 0. The maximum Gasteiger partial charge on any atom is 0.326 e. The van der Waals surface area contributed by atoms with Gasteiger partial charge in [0.2, 0.25) is 0 Å². The molecule has 2 heterocycles. The lowest BCUT2D eigenvalue weighted by Crippen LogP contribution is -2.32. The summed E-state index contributed by atoms with van der Waals surface area (Å²) < 4.78 is 1.54. The fourth-order valence-corrected chi connectivity index (χ4v) is 3.10. The van der Waals surface area contributed by atoms with Crippen LogP contribution in [0.25, 0.3) is 11.2 Å². The zero-order chi connectivity index (χ0) is 15.5. The molecule has 1 atom stereocenters. The zero-order valence-electron chi connectivity index (χ0n) is 12.6. The van der Waals surface area contributed by atoms with Gasteiger partial charge in [0.25, 0.3) is 0 Å².